The number of hydrogen-bond acceptors (Lipinski definition) is 6. The van der Waals surface area contributed by atoms with E-state index in [4.69, 9.17) is 10.00 Å². The van der Waals surface area contributed by atoms with Crippen molar-refractivity contribution in [3.63, 3.8) is 0 Å². The molecule has 0 radical (unpaired) electrons. The first-order valence-electron chi connectivity index (χ1n) is 7.02. The van der Waals surface area contributed by atoms with Crippen molar-refractivity contribution < 1.29 is 4.74 Å². The molecule has 2 aromatic rings. The van der Waals surface area contributed by atoms with E-state index >= 15 is 0 Å². The number of nitriles is 1. The first-order valence-corrected chi connectivity index (χ1v) is 7.02. The molecule has 0 fully saturated rings. The average molecular weight is 297 g/mol. The predicted molar refractivity (Wildman–Crippen MR) is 84.2 cm³/mol. The standard InChI is InChI=1S/C16H19N5O/c1-10(2)14-18-15(21(4)5)20-16(19-14)22-13-7-6-12(9-17)8-11(13)3/h6-8,10H,1-5H3. The quantitative estimate of drug-likeness (QED) is 0.863. The number of benzene rings is 1. The normalized spacial score (nSPS) is 10.4. The summed E-state index contributed by atoms with van der Waals surface area (Å²) in [7, 11) is 3.74. The molecule has 0 unspecified atom stereocenters. The molecule has 1 aromatic carbocycles. The van der Waals surface area contributed by atoms with Crippen molar-refractivity contribution in [1.82, 2.24) is 15.0 Å². The summed E-state index contributed by atoms with van der Waals surface area (Å²) in [6.45, 7) is 5.92. The van der Waals surface area contributed by atoms with Gasteiger partial charge in [-0.05, 0) is 30.7 Å². The van der Waals surface area contributed by atoms with Gasteiger partial charge in [0.15, 0.2) is 0 Å². The molecule has 0 saturated heterocycles. The Labute approximate surface area is 130 Å². The van der Waals surface area contributed by atoms with E-state index in [0.717, 1.165) is 5.56 Å². The minimum absolute atomic E-state index is 0.172. The van der Waals surface area contributed by atoms with Crippen LogP contribution in [0, 0.1) is 18.3 Å². The van der Waals surface area contributed by atoms with Gasteiger partial charge < -0.3 is 9.64 Å². The molecule has 0 aliphatic carbocycles. The minimum atomic E-state index is 0.172. The topological polar surface area (TPSA) is 74.9 Å². The number of aryl methyl sites for hydroxylation is 1. The zero-order valence-electron chi connectivity index (χ0n) is 13.5. The molecule has 0 aliphatic heterocycles. The second-order valence-corrected chi connectivity index (χ2v) is 5.52. The average Bonchev–Trinajstić information content (AvgIpc) is 2.48. The van der Waals surface area contributed by atoms with Crippen LogP contribution in [0.5, 0.6) is 11.8 Å². The second kappa shape index (κ2) is 6.39. The van der Waals surface area contributed by atoms with Gasteiger partial charge in [-0.1, -0.05) is 13.8 Å². The molecular formula is C16H19N5O. The molecule has 0 amide bonds. The molecule has 0 atom stereocenters. The van der Waals surface area contributed by atoms with Crippen molar-refractivity contribution in [3.05, 3.63) is 35.2 Å². The Kier molecular flexibility index (Phi) is 4.56. The maximum absolute atomic E-state index is 8.91. The SMILES string of the molecule is Cc1cc(C#N)ccc1Oc1nc(C(C)C)nc(N(C)C)n1. The van der Waals surface area contributed by atoms with E-state index in [1.54, 1.807) is 18.2 Å². The van der Waals surface area contributed by atoms with Crippen LogP contribution in [-0.2, 0) is 0 Å². The Morgan fingerprint density at radius 3 is 2.45 bits per heavy atom. The molecule has 2 rings (SSSR count). The van der Waals surface area contributed by atoms with Crippen molar-refractivity contribution in [1.29, 1.82) is 5.26 Å². The Hall–Kier alpha value is -2.68. The van der Waals surface area contributed by atoms with E-state index in [1.165, 1.54) is 0 Å². The fraction of sp³-hybridized carbons (Fsp3) is 0.375. The maximum Gasteiger partial charge on any atom is 0.327 e. The van der Waals surface area contributed by atoms with Gasteiger partial charge in [0, 0.05) is 20.0 Å². The lowest BCUT2D eigenvalue weighted by molar-refractivity contribution is 0.431. The highest BCUT2D eigenvalue weighted by molar-refractivity contribution is 5.42. The van der Waals surface area contributed by atoms with Crippen LogP contribution in [0.3, 0.4) is 0 Å². The predicted octanol–water partition coefficient (Wildman–Crippen LogP) is 3.03. The van der Waals surface area contributed by atoms with Gasteiger partial charge in [-0.3, -0.25) is 0 Å². The van der Waals surface area contributed by atoms with Gasteiger partial charge in [-0.15, -0.1) is 0 Å². The van der Waals surface area contributed by atoms with E-state index in [2.05, 4.69) is 21.0 Å². The first-order chi connectivity index (χ1) is 10.4. The van der Waals surface area contributed by atoms with Crippen LogP contribution in [-0.4, -0.2) is 29.0 Å². The summed E-state index contributed by atoms with van der Waals surface area (Å²) in [4.78, 5) is 14.9. The number of anilines is 1. The molecule has 0 N–H and O–H groups in total. The maximum atomic E-state index is 8.91. The van der Waals surface area contributed by atoms with Gasteiger partial charge in [0.1, 0.15) is 11.6 Å². The third-order valence-corrected chi connectivity index (χ3v) is 3.04. The van der Waals surface area contributed by atoms with E-state index in [1.807, 2.05) is 39.8 Å². The third-order valence-electron chi connectivity index (χ3n) is 3.04. The fourth-order valence-corrected chi connectivity index (χ4v) is 1.80. The Bertz CT molecular complexity index is 693. The lowest BCUT2D eigenvalue weighted by Crippen LogP contribution is -2.15. The molecule has 22 heavy (non-hydrogen) atoms. The highest BCUT2D eigenvalue weighted by Crippen LogP contribution is 2.25. The van der Waals surface area contributed by atoms with Crippen molar-refractivity contribution >= 4 is 5.95 Å². The van der Waals surface area contributed by atoms with E-state index in [-0.39, 0.29) is 11.9 Å². The van der Waals surface area contributed by atoms with E-state index in [9.17, 15) is 0 Å². The lowest BCUT2D eigenvalue weighted by Gasteiger charge is -2.14. The number of nitrogens with zero attached hydrogens (tertiary/aromatic N) is 5. The van der Waals surface area contributed by atoms with Gasteiger partial charge in [0.25, 0.3) is 0 Å². The zero-order chi connectivity index (χ0) is 16.3. The van der Waals surface area contributed by atoms with Gasteiger partial charge in [0.05, 0.1) is 11.6 Å². The Morgan fingerprint density at radius 1 is 1.18 bits per heavy atom. The number of rotatable bonds is 4. The van der Waals surface area contributed by atoms with Crippen molar-refractivity contribution in [2.75, 3.05) is 19.0 Å². The summed E-state index contributed by atoms with van der Waals surface area (Å²) in [5.74, 6) is 2.04. The minimum Gasteiger partial charge on any atom is -0.424 e. The van der Waals surface area contributed by atoms with Gasteiger partial charge in [-0.25, -0.2) is 0 Å². The van der Waals surface area contributed by atoms with Gasteiger partial charge >= 0.3 is 6.01 Å². The second-order valence-electron chi connectivity index (χ2n) is 5.52. The van der Waals surface area contributed by atoms with Crippen molar-refractivity contribution in [3.8, 4) is 17.8 Å². The lowest BCUT2D eigenvalue weighted by atomic mass is 10.1. The molecule has 0 spiro atoms. The zero-order valence-corrected chi connectivity index (χ0v) is 13.5. The largest absolute Gasteiger partial charge is 0.424 e. The molecule has 114 valence electrons. The number of aromatic nitrogens is 3. The van der Waals surface area contributed by atoms with Gasteiger partial charge in [0.2, 0.25) is 5.95 Å². The van der Waals surface area contributed by atoms with Crippen LogP contribution in [0.1, 0.15) is 36.7 Å². The van der Waals surface area contributed by atoms with E-state index in [0.29, 0.717) is 23.1 Å². The summed E-state index contributed by atoms with van der Waals surface area (Å²) in [5, 5.41) is 8.91. The Morgan fingerprint density at radius 2 is 1.91 bits per heavy atom. The molecular weight excluding hydrogens is 278 g/mol. The Balaban J connectivity index is 2.38. The molecule has 1 heterocycles. The third kappa shape index (κ3) is 3.50. The molecule has 1 aromatic heterocycles. The highest BCUT2D eigenvalue weighted by Gasteiger charge is 2.13. The molecule has 6 nitrogen and oxygen atoms in total. The summed E-state index contributed by atoms with van der Waals surface area (Å²) in [6.07, 6.45) is 0. The van der Waals surface area contributed by atoms with Crippen LogP contribution in [0.25, 0.3) is 0 Å². The number of hydrogen-bond donors (Lipinski definition) is 0. The van der Waals surface area contributed by atoms with Crippen LogP contribution in [0.15, 0.2) is 18.2 Å². The molecule has 0 bridgehead atoms. The van der Waals surface area contributed by atoms with Crippen molar-refractivity contribution in [2.24, 2.45) is 0 Å². The van der Waals surface area contributed by atoms with Crippen molar-refractivity contribution in [2.45, 2.75) is 26.7 Å². The van der Waals surface area contributed by atoms with Crippen LogP contribution >= 0.6 is 0 Å². The number of ether oxygens (including phenoxy) is 1. The highest BCUT2D eigenvalue weighted by atomic mass is 16.5. The summed E-state index contributed by atoms with van der Waals surface area (Å²) in [6, 6.07) is 7.59. The molecule has 0 aliphatic rings. The summed E-state index contributed by atoms with van der Waals surface area (Å²) >= 11 is 0. The summed E-state index contributed by atoms with van der Waals surface area (Å²) in [5.41, 5.74) is 1.45. The van der Waals surface area contributed by atoms with E-state index < -0.39 is 0 Å². The van der Waals surface area contributed by atoms with Crippen LogP contribution in [0.4, 0.5) is 5.95 Å². The first kappa shape index (κ1) is 15.7. The fourth-order valence-electron chi connectivity index (χ4n) is 1.80. The molecule has 0 saturated carbocycles. The van der Waals surface area contributed by atoms with Gasteiger partial charge in [-0.2, -0.15) is 20.2 Å². The van der Waals surface area contributed by atoms with Crippen LogP contribution < -0.4 is 9.64 Å². The molecule has 6 heteroatoms. The van der Waals surface area contributed by atoms with Crippen LogP contribution in [0.2, 0.25) is 0 Å². The monoisotopic (exact) mass is 297 g/mol. The smallest absolute Gasteiger partial charge is 0.327 e. The summed E-state index contributed by atoms with van der Waals surface area (Å²) < 4.78 is 5.79.